The molecule has 2 N–H and O–H groups in total. The normalized spacial score (nSPS) is 31.2. The van der Waals surface area contributed by atoms with Crippen molar-refractivity contribution >= 4 is 0 Å². The Kier molecular flexibility index (Phi) is 5.62. The highest BCUT2D eigenvalue weighted by Gasteiger charge is 2.32. The minimum Gasteiger partial charge on any atom is -0.380 e. The van der Waals surface area contributed by atoms with E-state index in [2.05, 4.69) is 13.8 Å². The van der Waals surface area contributed by atoms with Crippen molar-refractivity contribution in [3.8, 4) is 0 Å². The average molecular weight is 213 g/mol. The van der Waals surface area contributed by atoms with Crippen LogP contribution in [0.5, 0.6) is 0 Å². The molecule has 0 aromatic carbocycles. The Morgan fingerprint density at radius 2 is 1.93 bits per heavy atom. The highest BCUT2D eigenvalue weighted by Crippen LogP contribution is 2.35. The van der Waals surface area contributed by atoms with Crippen molar-refractivity contribution in [1.29, 1.82) is 0 Å². The molecule has 1 fully saturated rings. The van der Waals surface area contributed by atoms with Gasteiger partial charge in [-0.1, -0.05) is 39.5 Å². The molecule has 15 heavy (non-hydrogen) atoms. The van der Waals surface area contributed by atoms with Crippen molar-refractivity contribution in [2.24, 2.45) is 17.6 Å². The second-order valence-electron chi connectivity index (χ2n) is 4.88. The molecule has 0 saturated heterocycles. The fourth-order valence-corrected chi connectivity index (χ4v) is 3.12. The Morgan fingerprint density at radius 1 is 1.27 bits per heavy atom. The fourth-order valence-electron chi connectivity index (χ4n) is 3.12. The first kappa shape index (κ1) is 13.0. The van der Waals surface area contributed by atoms with E-state index >= 15 is 0 Å². The van der Waals surface area contributed by atoms with E-state index in [1.807, 2.05) is 0 Å². The van der Waals surface area contributed by atoms with Crippen LogP contribution in [0.25, 0.3) is 0 Å². The summed E-state index contributed by atoms with van der Waals surface area (Å²) in [7, 11) is 1.79. The Morgan fingerprint density at radius 3 is 2.47 bits per heavy atom. The van der Waals surface area contributed by atoms with Gasteiger partial charge in [-0.05, 0) is 24.7 Å². The minimum absolute atomic E-state index is 0.241. The minimum atomic E-state index is 0.241. The van der Waals surface area contributed by atoms with E-state index in [1.54, 1.807) is 7.11 Å². The molecular formula is C13H27NO. The van der Waals surface area contributed by atoms with E-state index in [4.69, 9.17) is 10.5 Å². The van der Waals surface area contributed by atoms with Gasteiger partial charge in [-0.2, -0.15) is 0 Å². The van der Waals surface area contributed by atoms with Crippen LogP contribution >= 0.6 is 0 Å². The summed E-state index contributed by atoms with van der Waals surface area (Å²) in [6, 6.07) is 0.241. The van der Waals surface area contributed by atoms with E-state index in [0.29, 0.717) is 5.92 Å². The van der Waals surface area contributed by atoms with E-state index in [9.17, 15) is 0 Å². The van der Waals surface area contributed by atoms with Gasteiger partial charge in [0.25, 0.3) is 0 Å². The van der Waals surface area contributed by atoms with E-state index in [0.717, 1.165) is 12.3 Å². The summed E-state index contributed by atoms with van der Waals surface area (Å²) in [6.45, 7) is 4.46. The number of ether oxygens (including phenoxy) is 1. The summed E-state index contributed by atoms with van der Waals surface area (Å²) in [4.78, 5) is 0. The van der Waals surface area contributed by atoms with Crippen molar-refractivity contribution in [2.75, 3.05) is 7.11 Å². The summed E-state index contributed by atoms with van der Waals surface area (Å²) in [6.07, 6.45) is 7.99. The molecule has 4 atom stereocenters. The summed E-state index contributed by atoms with van der Waals surface area (Å²) in [5.74, 6) is 1.52. The Labute approximate surface area is 94.6 Å². The third-order valence-electron chi connectivity index (χ3n) is 4.12. The van der Waals surface area contributed by atoms with Gasteiger partial charge in [0.15, 0.2) is 0 Å². The molecular weight excluding hydrogens is 186 g/mol. The maximum Gasteiger partial charge on any atom is 0.0722 e. The predicted octanol–water partition coefficient (Wildman–Crippen LogP) is 2.96. The van der Waals surface area contributed by atoms with Crippen LogP contribution in [0.1, 0.15) is 52.4 Å². The van der Waals surface area contributed by atoms with Crippen molar-refractivity contribution in [3.05, 3.63) is 0 Å². The third-order valence-corrected chi connectivity index (χ3v) is 4.12. The van der Waals surface area contributed by atoms with Crippen LogP contribution in [-0.4, -0.2) is 19.3 Å². The van der Waals surface area contributed by atoms with Crippen molar-refractivity contribution in [3.63, 3.8) is 0 Å². The maximum atomic E-state index is 6.35. The third kappa shape index (κ3) is 3.18. The Bertz CT molecular complexity index is 168. The van der Waals surface area contributed by atoms with Gasteiger partial charge in [-0.15, -0.1) is 0 Å². The first-order chi connectivity index (χ1) is 7.24. The van der Waals surface area contributed by atoms with Crippen LogP contribution in [0.4, 0.5) is 0 Å². The van der Waals surface area contributed by atoms with Crippen molar-refractivity contribution < 1.29 is 4.74 Å². The quantitative estimate of drug-likeness (QED) is 0.762. The molecule has 0 aliphatic heterocycles. The molecule has 1 aliphatic carbocycles. The summed E-state index contributed by atoms with van der Waals surface area (Å²) < 4.78 is 5.48. The highest BCUT2D eigenvalue weighted by molar-refractivity contribution is 4.86. The topological polar surface area (TPSA) is 35.2 Å². The SMILES string of the molecule is CCC1CCCCC1C(N)C(CC)OC. The molecule has 0 heterocycles. The molecule has 1 rings (SSSR count). The maximum absolute atomic E-state index is 6.35. The molecule has 0 spiro atoms. The van der Waals surface area contributed by atoms with Gasteiger partial charge in [0, 0.05) is 13.2 Å². The largest absolute Gasteiger partial charge is 0.380 e. The molecule has 2 nitrogen and oxygen atoms in total. The van der Waals surface area contributed by atoms with Crippen LogP contribution in [0.2, 0.25) is 0 Å². The molecule has 0 amide bonds. The number of methoxy groups -OCH3 is 1. The first-order valence-electron chi connectivity index (χ1n) is 6.52. The molecule has 0 bridgehead atoms. The fraction of sp³-hybridized carbons (Fsp3) is 1.00. The van der Waals surface area contributed by atoms with E-state index in [-0.39, 0.29) is 12.1 Å². The van der Waals surface area contributed by atoms with Gasteiger partial charge in [0.2, 0.25) is 0 Å². The summed E-state index contributed by atoms with van der Waals surface area (Å²) in [5, 5.41) is 0. The molecule has 2 heteroatoms. The lowest BCUT2D eigenvalue weighted by Crippen LogP contribution is -2.45. The number of nitrogens with two attached hydrogens (primary N) is 1. The van der Waals surface area contributed by atoms with E-state index in [1.165, 1.54) is 32.1 Å². The molecule has 0 radical (unpaired) electrons. The van der Waals surface area contributed by atoms with E-state index < -0.39 is 0 Å². The van der Waals surface area contributed by atoms with Gasteiger partial charge in [-0.3, -0.25) is 0 Å². The van der Waals surface area contributed by atoms with Gasteiger partial charge < -0.3 is 10.5 Å². The zero-order valence-corrected chi connectivity index (χ0v) is 10.5. The zero-order chi connectivity index (χ0) is 11.3. The Balaban J connectivity index is 2.57. The van der Waals surface area contributed by atoms with Gasteiger partial charge in [-0.25, -0.2) is 0 Å². The molecule has 1 aliphatic rings. The van der Waals surface area contributed by atoms with Gasteiger partial charge in [0.05, 0.1) is 6.10 Å². The standard InChI is InChI=1S/C13H27NO/c1-4-10-8-6-7-9-11(10)13(14)12(5-2)15-3/h10-13H,4-9,14H2,1-3H3. The second-order valence-corrected chi connectivity index (χ2v) is 4.88. The number of rotatable bonds is 5. The first-order valence-corrected chi connectivity index (χ1v) is 6.52. The van der Waals surface area contributed by atoms with Gasteiger partial charge >= 0.3 is 0 Å². The smallest absolute Gasteiger partial charge is 0.0722 e. The highest BCUT2D eigenvalue weighted by atomic mass is 16.5. The second kappa shape index (κ2) is 6.49. The number of hydrogen-bond acceptors (Lipinski definition) is 2. The molecule has 4 unspecified atom stereocenters. The Hall–Kier alpha value is -0.0800. The van der Waals surface area contributed by atoms with Crippen LogP contribution in [0.15, 0.2) is 0 Å². The number of hydrogen-bond donors (Lipinski definition) is 1. The van der Waals surface area contributed by atoms with Crippen LogP contribution in [0, 0.1) is 11.8 Å². The van der Waals surface area contributed by atoms with Crippen LogP contribution in [-0.2, 0) is 4.74 Å². The lowest BCUT2D eigenvalue weighted by Gasteiger charge is -2.38. The average Bonchev–Trinajstić information content (AvgIpc) is 2.30. The van der Waals surface area contributed by atoms with Crippen molar-refractivity contribution in [2.45, 2.75) is 64.5 Å². The predicted molar refractivity (Wildman–Crippen MR) is 64.8 cm³/mol. The molecule has 90 valence electrons. The summed E-state index contributed by atoms with van der Waals surface area (Å²) in [5.41, 5.74) is 6.35. The zero-order valence-electron chi connectivity index (χ0n) is 10.5. The molecule has 1 saturated carbocycles. The van der Waals surface area contributed by atoms with Crippen LogP contribution < -0.4 is 5.73 Å². The molecule has 0 aromatic heterocycles. The monoisotopic (exact) mass is 213 g/mol. The lowest BCUT2D eigenvalue weighted by atomic mass is 9.72. The molecule has 0 aromatic rings. The lowest BCUT2D eigenvalue weighted by molar-refractivity contribution is 0.0358. The summed E-state index contributed by atoms with van der Waals surface area (Å²) >= 11 is 0. The van der Waals surface area contributed by atoms with Crippen molar-refractivity contribution in [1.82, 2.24) is 0 Å². The van der Waals surface area contributed by atoms with Crippen LogP contribution in [0.3, 0.4) is 0 Å². The van der Waals surface area contributed by atoms with Gasteiger partial charge in [0.1, 0.15) is 0 Å².